The van der Waals surface area contributed by atoms with E-state index in [1.807, 2.05) is 0 Å². The molecule has 0 amide bonds. The van der Waals surface area contributed by atoms with E-state index in [-0.39, 0.29) is 12.3 Å². The second-order valence-corrected chi connectivity index (χ2v) is 8.34. The number of hydrogen-bond donors (Lipinski definition) is 2. The number of nitrogens with one attached hydrogen (secondary N) is 2. The number of hydrogen-bond acceptors (Lipinski definition) is 5. The summed E-state index contributed by atoms with van der Waals surface area (Å²) in [5, 5.41) is 2.57. The van der Waals surface area contributed by atoms with Crippen LogP contribution < -0.4 is 10.0 Å². The van der Waals surface area contributed by atoms with Crippen molar-refractivity contribution in [3.63, 3.8) is 0 Å². The van der Waals surface area contributed by atoms with Gasteiger partial charge in [0, 0.05) is 19.3 Å². The number of sulfone groups is 1. The molecule has 1 aliphatic heterocycles. The summed E-state index contributed by atoms with van der Waals surface area (Å²) in [6.45, 7) is 1.24. The molecule has 6 nitrogen and oxygen atoms in total. The lowest BCUT2D eigenvalue weighted by atomic mass is 10.2. The molecule has 1 fully saturated rings. The van der Waals surface area contributed by atoms with Gasteiger partial charge in [-0.25, -0.2) is 21.6 Å². The predicted molar refractivity (Wildman–Crippen MR) is 62.5 cm³/mol. The molecule has 1 atom stereocenters. The second kappa shape index (κ2) is 5.44. The van der Waals surface area contributed by atoms with E-state index in [1.165, 1.54) is 0 Å². The summed E-state index contributed by atoms with van der Waals surface area (Å²) in [5.74, 6) is -0.160. The molecule has 96 valence electrons. The molecule has 1 aliphatic rings. The molecule has 1 unspecified atom stereocenters. The van der Waals surface area contributed by atoms with Gasteiger partial charge in [-0.15, -0.1) is 0 Å². The molecule has 1 heterocycles. The normalized spacial score (nSPS) is 23.2. The zero-order chi connectivity index (χ0) is 12.2. The molecule has 0 aromatic heterocycles. The van der Waals surface area contributed by atoms with Crippen LogP contribution in [0.4, 0.5) is 0 Å². The Morgan fingerprint density at radius 3 is 2.50 bits per heavy atom. The van der Waals surface area contributed by atoms with Crippen LogP contribution in [0.5, 0.6) is 0 Å². The first-order valence-electron chi connectivity index (χ1n) is 5.18. The summed E-state index contributed by atoms with van der Waals surface area (Å²) in [7, 11) is -6.50. The monoisotopic (exact) mass is 270 g/mol. The van der Waals surface area contributed by atoms with E-state index >= 15 is 0 Å². The molecular weight excluding hydrogens is 252 g/mol. The molecule has 0 saturated carbocycles. The number of sulfonamides is 1. The molecule has 0 radical (unpaired) electrons. The largest absolute Gasteiger partial charge is 0.315 e. The van der Waals surface area contributed by atoms with E-state index in [2.05, 4.69) is 10.0 Å². The van der Waals surface area contributed by atoms with Crippen LogP contribution in [0.15, 0.2) is 0 Å². The molecule has 0 spiro atoms. The Balaban J connectivity index is 2.45. The van der Waals surface area contributed by atoms with Gasteiger partial charge < -0.3 is 5.32 Å². The molecule has 0 bridgehead atoms. The van der Waals surface area contributed by atoms with E-state index in [1.54, 1.807) is 0 Å². The van der Waals surface area contributed by atoms with Gasteiger partial charge >= 0.3 is 0 Å². The summed E-state index contributed by atoms with van der Waals surface area (Å²) in [6, 6.07) is 0. The fourth-order valence-corrected chi connectivity index (χ4v) is 3.61. The van der Waals surface area contributed by atoms with Crippen LogP contribution in [0.25, 0.3) is 0 Å². The van der Waals surface area contributed by atoms with Crippen molar-refractivity contribution in [2.24, 2.45) is 0 Å². The standard InChI is InChI=1S/C8H18N2O4S2/c1-15(11,12)6-5-10-16(13,14)8-3-2-4-9-7-8/h8-10H,2-7H2,1H3. The van der Waals surface area contributed by atoms with Crippen molar-refractivity contribution in [2.45, 2.75) is 18.1 Å². The van der Waals surface area contributed by atoms with Gasteiger partial charge in [-0.2, -0.15) is 0 Å². The minimum Gasteiger partial charge on any atom is -0.315 e. The highest BCUT2D eigenvalue weighted by molar-refractivity contribution is 7.91. The minimum absolute atomic E-state index is 0.0440. The summed E-state index contributed by atoms with van der Waals surface area (Å²) >= 11 is 0. The van der Waals surface area contributed by atoms with Gasteiger partial charge in [0.1, 0.15) is 9.84 Å². The number of rotatable bonds is 5. The maximum Gasteiger partial charge on any atom is 0.215 e. The lowest BCUT2D eigenvalue weighted by Gasteiger charge is -2.22. The smallest absolute Gasteiger partial charge is 0.215 e. The maximum absolute atomic E-state index is 11.7. The van der Waals surface area contributed by atoms with Crippen molar-refractivity contribution < 1.29 is 16.8 Å². The van der Waals surface area contributed by atoms with Gasteiger partial charge in [0.25, 0.3) is 0 Å². The third-order valence-corrected chi connectivity index (χ3v) is 5.30. The highest BCUT2D eigenvalue weighted by Crippen LogP contribution is 2.09. The molecule has 2 N–H and O–H groups in total. The van der Waals surface area contributed by atoms with Crippen molar-refractivity contribution >= 4 is 19.9 Å². The van der Waals surface area contributed by atoms with Crippen LogP contribution >= 0.6 is 0 Å². The molecular formula is C8H18N2O4S2. The topological polar surface area (TPSA) is 92.3 Å². The predicted octanol–water partition coefficient (Wildman–Crippen LogP) is -1.30. The highest BCUT2D eigenvalue weighted by atomic mass is 32.2. The van der Waals surface area contributed by atoms with Crippen molar-refractivity contribution in [2.75, 3.05) is 31.6 Å². The highest BCUT2D eigenvalue weighted by Gasteiger charge is 2.26. The summed E-state index contributed by atoms with van der Waals surface area (Å²) in [6.07, 6.45) is 2.54. The van der Waals surface area contributed by atoms with Crippen molar-refractivity contribution in [1.82, 2.24) is 10.0 Å². The zero-order valence-electron chi connectivity index (χ0n) is 9.27. The molecule has 0 aliphatic carbocycles. The zero-order valence-corrected chi connectivity index (χ0v) is 10.9. The summed E-state index contributed by atoms with van der Waals surface area (Å²) in [4.78, 5) is 0. The van der Waals surface area contributed by atoms with Crippen LogP contribution in [0.2, 0.25) is 0 Å². The van der Waals surface area contributed by atoms with Gasteiger partial charge in [0.15, 0.2) is 0 Å². The van der Waals surface area contributed by atoms with E-state index in [9.17, 15) is 16.8 Å². The van der Waals surface area contributed by atoms with Gasteiger partial charge in [0.05, 0.1) is 11.0 Å². The summed E-state index contributed by atoms with van der Waals surface area (Å²) in [5.41, 5.74) is 0. The van der Waals surface area contributed by atoms with Crippen LogP contribution in [0, 0.1) is 0 Å². The fraction of sp³-hybridized carbons (Fsp3) is 1.00. The Morgan fingerprint density at radius 2 is 2.00 bits per heavy atom. The average Bonchev–Trinajstić information content (AvgIpc) is 2.17. The molecule has 1 rings (SSSR count). The van der Waals surface area contributed by atoms with Gasteiger partial charge in [0.2, 0.25) is 10.0 Å². The Kier molecular flexibility index (Phi) is 4.72. The van der Waals surface area contributed by atoms with Crippen molar-refractivity contribution in [3.8, 4) is 0 Å². The van der Waals surface area contributed by atoms with E-state index < -0.39 is 25.1 Å². The van der Waals surface area contributed by atoms with Gasteiger partial charge in [-0.05, 0) is 19.4 Å². The van der Waals surface area contributed by atoms with Gasteiger partial charge in [-0.1, -0.05) is 0 Å². The maximum atomic E-state index is 11.7. The molecule has 16 heavy (non-hydrogen) atoms. The lowest BCUT2D eigenvalue weighted by Crippen LogP contribution is -2.45. The average molecular weight is 270 g/mol. The molecule has 8 heteroatoms. The fourth-order valence-electron chi connectivity index (χ4n) is 1.57. The quantitative estimate of drug-likeness (QED) is 0.648. The Bertz CT molecular complexity index is 409. The van der Waals surface area contributed by atoms with Crippen molar-refractivity contribution in [3.05, 3.63) is 0 Å². The van der Waals surface area contributed by atoms with Crippen LogP contribution in [0.1, 0.15) is 12.8 Å². The third kappa shape index (κ3) is 4.77. The van der Waals surface area contributed by atoms with E-state index in [4.69, 9.17) is 0 Å². The first-order chi connectivity index (χ1) is 7.31. The third-order valence-electron chi connectivity index (χ3n) is 2.47. The minimum atomic E-state index is -3.38. The molecule has 1 saturated heterocycles. The SMILES string of the molecule is CS(=O)(=O)CCNS(=O)(=O)C1CCCNC1. The molecule has 0 aromatic rings. The number of piperidine rings is 1. The first kappa shape index (κ1) is 13.9. The van der Waals surface area contributed by atoms with E-state index in [0.29, 0.717) is 13.0 Å². The summed E-state index contributed by atoms with van der Waals surface area (Å²) < 4.78 is 47.5. The lowest BCUT2D eigenvalue weighted by molar-refractivity contribution is 0.491. The molecule has 0 aromatic carbocycles. The Hall–Kier alpha value is -0.180. The van der Waals surface area contributed by atoms with Gasteiger partial charge in [-0.3, -0.25) is 0 Å². The van der Waals surface area contributed by atoms with Crippen LogP contribution in [-0.2, 0) is 19.9 Å². The Labute approximate surface area is 96.8 Å². The van der Waals surface area contributed by atoms with Crippen molar-refractivity contribution in [1.29, 1.82) is 0 Å². The first-order valence-corrected chi connectivity index (χ1v) is 8.79. The van der Waals surface area contributed by atoms with Crippen LogP contribution in [0.3, 0.4) is 0 Å². The van der Waals surface area contributed by atoms with Crippen LogP contribution in [-0.4, -0.2) is 53.7 Å². The van der Waals surface area contributed by atoms with E-state index in [0.717, 1.165) is 19.2 Å². The Morgan fingerprint density at radius 1 is 1.31 bits per heavy atom. The second-order valence-electron chi connectivity index (χ2n) is 4.04.